The molecule has 0 aliphatic heterocycles. The highest BCUT2D eigenvalue weighted by Crippen LogP contribution is 2.19. The summed E-state index contributed by atoms with van der Waals surface area (Å²) in [6, 6.07) is 13.2. The number of hydrogen-bond donors (Lipinski definition) is 2. The third kappa shape index (κ3) is 4.01. The molecule has 0 fully saturated rings. The fourth-order valence-corrected chi connectivity index (χ4v) is 2.07. The van der Waals surface area contributed by atoms with E-state index in [0.717, 1.165) is 12.0 Å². The van der Waals surface area contributed by atoms with Gasteiger partial charge in [-0.3, -0.25) is 4.79 Å². The first-order chi connectivity index (χ1) is 10.5. The van der Waals surface area contributed by atoms with Crippen molar-refractivity contribution >= 4 is 17.3 Å². The zero-order chi connectivity index (χ0) is 16.1. The van der Waals surface area contributed by atoms with Crippen molar-refractivity contribution in [3.63, 3.8) is 0 Å². The molecule has 0 aliphatic rings. The maximum atomic E-state index is 12.2. The monoisotopic (exact) mass is 298 g/mol. The van der Waals surface area contributed by atoms with Crippen LogP contribution in [0.2, 0.25) is 0 Å². The lowest BCUT2D eigenvalue weighted by molar-refractivity contribution is -0.122. The molecule has 0 spiro atoms. The third-order valence-electron chi connectivity index (χ3n) is 3.53. The van der Waals surface area contributed by atoms with E-state index >= 15 is 0 Å². The number of anilines is 2. The quantitative estimate of drug-likeness (QED) is 0.830. The maximum absolute atomic E-state index is 12.2. The second-order valence-corrected chi connectivity index (χ2v) is 5.32. The summed E-state index contributed by atoms with van der Waals surface area (Å²) in [5.41, 5.74) is 9.27. The van der Waals surface area contributed by atoms with Gasteiger partial charge in [0.05, 0.1) is 0 Å². The fourth-order valence-electron chi connectivity index (χ4n) is 2.07. The van der Waals surface area contributed by atoms with Gasteiger partial charge in [-0.15, -0.1) is 0 Å². The fraction of sp³-hybridized carbons (Fsp3) is 0.278. The van der Waals surface area contributed by atoms with Gasteiger partial charge in [0, 0.05) is 11.4 Å². The SMILES string of the molecule is CCc1ccc(OC(C)C(=O)Nc2cc(N)ccc2C)cc1. The number of aryl methyl sites for hydroxylation is 2. The van der Waals surface area contributed by atoms with E-state index in [1.807, 2.05) is 37.3 Å². The number of ether oxygens (including phenoxy) is 1. The van der Waals surface area contributed by atoms with Crippen molar-refractivity contribution in [2.45, 2.75) is 33.3 Å². The van der Waals surface area contributed by atoms with E-state index < -0.39 is 6.10 Å². The number of amides is 1. The molecule has 1 unspecified atom stereocenters. The second kappa shape index (κ2) is 6.98. The second-order valence-electron chi connectivity index (χ2n) is 5.32. The first kappa shape index (κ1) is 15.9. The largest absolute Gasteiger partial charge is 0.481 e. The van der Waals surface area contributed by atoms with Gasteiger partial charge in [-0.25, -0.2) is 0 Å². The third-order valence-corrected chi connectivity index (χ3v) is 3.53. The van der Waals surface area contributed by atoms with Gasteiger partial charge in [0.2, 0.25) is 0 Å². The molecule has 1 amide bonds. The Labute approximate surface area is 131 Å². The molecule has 0 saturated heterocycles. The van der Waals surface area contributed by atoms with Crippen molar-refractivity contribution in [2.24, 2.45) is 0 Å². The number of nitrogens with two attached hydrogens (primary N) is 1. The van der Waals surface area contributed by atoms with Crippen LogP contribution in [-0.4, -0.2) is 12.0 Å². The summed E-state index contributed by atoms with van der Waals surface area (Å²) in [6.45, 7) is 5.74. The molecule has 0 bridgehead atoms. The van der Waals surface area contributed by atoms with Gasteiger partial charge in [-0.1, -0.05) is 25.1 Å². The van der Waals surface area contributed by atoms with Crippen LogP contribution in [0.25, 0.3) is 0 Å². The van der Waals surface area contributed by atoms with E-state index in [1.165, 1.54) is 5.56 Å². The summed E-state index contributed by atoms with van der Waals surface area (Å²) in [6.07, 6.45) is 0.388. The molecule has 116 valence electrons. The maximum Gasteiger partial charge on any atom is 0.265 e. The van der Waals surface area contributed by atoms with Crippen LogP contribution in [0.4, 0.5) is 11.4 Å². The predicted molar refractivity (Wildman–Crippen MR) is 90.1 cm³/mol. The van der Waals surface area contributed by atoms with Gasteiger partial charge in [0.25, 0.3) is 5.91 Å². The van der Waals surface area contributed by atoms with Crippen LogP contribution >= 0.6 is 0 Å². The van der Waals surface area contributed by atoms with Crippen LogP contribution in [0.3, 0.4) is 0 Å². The van der Waals surface area contributed by atoms with Gasteiger partial charge >= 0.3 is 0 Å². The van der Waals surface area contributed by atoms with Crippen molar-refractivity contribution in [1.29, 1.82) is 0 Å². The smallest absolute Gasteiger partial charge is 0.265 e. The summed E-state index contributed by atoms with van der Waals surface area (Å²) >= 11 is 0. The number of carbonyl (C=O) groups is 1. The van der Waals surface area contributed by atoms with Crippen LogP contribution in [0.5, 0.6) is 5.75 Å². The molecule has 4 nitrogen and oxygen atoms in total. The molecule has 2 rings (SSSR count). The minimum atomic E-state index is -0.590. The topological polar surface area (TPSA) is 64.3 Å². The summed E-state index contributed by atoms with van der Waals surface area (Å²) in [4.78, 5) is 12.2. The molecule has 4 heteroatoms. The molecule has 3 N–H and O–H groups in total. The molecule has 22 heavy (non-hydrogen) atoms. The van der Waals surface area contributed by atoms with Crippen molar-refractivity contribution in [3.05, 3.63) is 53.6 Å². The number of nitrogens with one attached hydrogen (secondary N) is 1. The molecule has 0 heterocycles. The average molecular weight is 298 g/mol. The lowest BCUT2D eigenvalue weighted by Gasteiger charge is -2.16. The van der Waals surface area contributed by atoms with E-state index in [4.69, 9.17) is 10.5 Å². The highest BCUT2D eigenvalue weighted by atomic mass is 16.5. The van der Waals surface area contributed by atoms with Crippen molar-refractivity contribution < 1.29 is 9.53 Å². The molecule has 0 aliphatic carbocycles. The summed E-state index contributed by atoms with van der Waals surface area (Å²) in [5, 5.41) is 2.85. The average Bonchev–Trinajstić information content (AvgIpc) is 2.51. The van der Waals surface area contributed by atoms with E-state index in [1.54, 1.807) is 19.1 Å². The van der Waals surface area contributed by atoms with Crippen molar-refractivity contribution in [3.8, 4) is 5.75 Å². The lowest BCUT2D eigenvalue weighted by Crippen LogP contribution is -2.30. The van der Waals surface area contributed by atoms with Crippen LogP contribution in [0.15, 0.2) is 42.5 Å². The van der Waals surface area contributed by atoms with E-state index in [0.29, 0.717) is 17.1 Å². The standard InChI is InChI=1S/C18H22N2O2/c1-4-14-6-9-16(10-7-14)22-13(3)18(21)20-17-11-15(19)8-5-12(17)2/h5-11,13H,4,19H2,1-3H3,(H,20,21). The number of hydrogen-bond acceptors (Lipinski definition) is 3. The minimum Gasteiger partial charge on any atom is -0.481 e. The zero-order valence-electron chi connectivity index (χ0n) is 13.2. The summed E-state index contributed by atoms with van der Waals surface area (Å²) < 4.78 is 5.67. The van der Waals surface area contributed by atoms with E-state index in [2.05, 4.69) is 12.2 Å². The van der Waals surface area contributed by atoms with Crippen molar-refractivity contribution in [1.82, 2.24) is 0 Å². The van der Waals surface area contributed by atoms with Crippen LogP contribution in [0.1, 0.15) is 25.0 Å². The number of rotatable bonds is 5. The van der Waals surface area contributed by atoms with Gasteiger partial charge in [-0.2, -0.15) is 0 Å². The highest BCUT2D eigenvalue weighted by Gasteiger charge is 2.15. The Morgan fingerprint density at radius 1 is 1.23 bits per heavy atom. The highest BCUT2D eigenvalue weighted by molar-refractivity contribution is 5.95. The van der Waals surface area contributed by atoms with Gasteiger partial charge in [0.15, 0.2) is 6.10 Å². The predicted octanol–water partition coefficient (Wildman–Crippen LogP) is 3.55. The van der Waals surface area contributed by atoms with E-state index in [-0.39, 0.29) is 5.91 Å². The molecule has 0 radical (unpaired) electrons. The Morgan fingerprint density at radius 3 is 2.55 bits per heavy atom. The van der Waals surface area contributed by atoms with Gasteiger partial charge in [0.1, 0.15) is 5.75 Å². The molecular weight excluding hydrogens is 276 g/mol. The molecule has 1 atom stereocenters. The zero-order valence-corrected chi connectivity index (χ0v) is 13.2. The van der Waals surface area contributed by atoms with Crippen LogP contribution in [-0.2, 0) is 11.2 Å². The summed E-state index contributed by atoms with van der Waals surface area (Å²) in [7, 11) is 0. The van der Waals surface area contributed by atoms with Crippen molar-refractivity contribution in [2.75, 3.05) is 11.1 Å². The Hall–Kier alpha value is -2.49. The molecular formula is C18H22N2O2. The molecule has 2 aromatic carbocycles. The minimum absolute atomic E-state index is 0.201. The lowest BCUT2D eigenvalue weighted by atomic mass is 10.1. The number of nitrogen functional groups attached to an aromatic ring is 1. The molecule has 0 saturated carbocycles. The number of carbonyl (C=O) groups excluding carboxylic acids is 1. The van der Waals surface area contributed by atoms with Crippen LogP contribution < -0.4 is 15.8 Å². The Balaban J connectivity index is 2.00. The number of benzene rings is 2. The first-order valence-corrected chi connectivity index (χ1v) is 7.42. The van der Waals surface area contributed by atoms with Gasteiger partial charge in [-0.05, 0) is 55.7 Å². The summed E-state index contributed by atoms with van der Waals surface area (Å²) in [5.74, 6) is 0.484. The normalized spacial score (nSPS) is 11.8. The Morgan fingerprint density at radius 2 is 1.91 bits per heavy atom. The Bertz CT molecular complexity index is 651. The van der Waals surface area contributed by atoms with Gasteiger partial charge < -0.3 is 15.8 Å². The Kier molecular flexibility index (Phi) is 5.04. The van der Waals surface area contributed by atoms with E-state index in [9.17, 15) is 4.79 Å². The van der Waals surface area contributed by atoms with Crippen LogP contribution in [0, 0.1) is 6.92 Å². The molecule has 0 aromatic heterocycles. The first-order valence-electron chi connectivity index (χ1n) is 7.42. The molecule has 2 aromatic rings.